The number of rotatable bonds is 8. The molecular weight excluding hydrogens is 388 g/mol. The molecule has 0 spiro atoms. The Balaban J connectivity index is 1.66. The third-order valence-corrected chi connectivity index (χ3v) is 6.52. The summed E-state index contributed by atoms with van der Waals surface area (Å²) >= 11 is 1.77. The van der Waals surface area contributed by atoms with Crippen molar-refractivity contribution in [1.29, 1.82) is 0 Å². The number of benzene rings is 2. The van der Waals surface area contributed by atoms with Crippen molar-refractivity contribution in [2.45, 2.75) is 33.7 Å². The maximum absolute atomic E-state index is 5.88. The Hall–Kier alpha value is -2.69. The summed E-state index contributed by atoms with van der Waals surface area (Å²) in [6.45, 7) is 9.24. The van der Waals surface area contributed by atoms with Gasteiger partial charge in [0.2, 0.25) is 0 Å². The lowest BCUT2D eigenvalue weighted by Crippen LogP contribution is -2.22. The van der Waals surface area contributed by atoms with E-state index in [-0.39, 0.29) is 0 Å². The van der Waals surface area contributed by atoms with Crippen LogP contribution >= 0.6 is 11.3 Å². The largest absolute Gasteiger partial charge is 0.359 e. The van der Waals surface area contributed by atoms with Crippen molar-refractivity contribution >= 4 is 11.3 Å². The van der Waals surface area contributed by atoms with E-state index in [1.807, 2.05) is 0 Å². The number of aromatic nitrogens is 1. The zero-order chi connectivity index (χ0) is 20.9. The van der Waals surface area contributed by atoms with Gasteiger partial charge >= 0.3 is 0 Å². The zero-order valence-electron chi connectivity index (χ0n) is 17.9. The van der Waals surface area contributed by atoms with Gasteiger partial charge in [-0.05, 0) is 42.6 Å². The van der Waals surface area contributed by atoms with E-state index in [1.54, 1.807) is 11.3 Å². The molecule has 0 aliphatic rings. The summed E-state index contributed by atoms with van der Waals surface area (Å²) in [4.78, 5) is 3.66. The van der Waals surface area contributed by atoms with E-state index in [4.69, 9.17) is 4.52 Å². The molecule has 0 saturated heterocycles. The summed E-state index contributed by atoms with van der Waals surface area (Å²) in [5, 5.41) is 6.61. The maximum Gasteiger partial charge on any atom is 0.154 e. The molecule has 0 fully saturated rings. The predicted octanol–water partition coefficient (Wildman–Crippen LogP) is 6.81. The lowest BCUT2D eigenvalue weighted by atomic mass is 9.97. The van der Waals surface area contributed by atoms with Crippen molar-refractivity contribution in [3.05, 3.63) is 88.5 Å². The van der Waals surface area contributed by atoms with Crippen molar-refractivity contribution in [3.63, 3.8) is 0 Å². The van der Waals surface area contributed by atoms with Crippen molar-refractivity contribution in [1.82, 2.24) is 10.1 Å². The average Bonchev–Trinajstić information content (AvgIpc) is 3.44. The van der Waals surface area contributed by atoms with Gasteiger partial charge in [-0.15, -0.1) is 11.3 Å². The SMILES string of the molecule is CCN(CC)Cc1onc(-c2ccc(C)cc2)c1Cc1ccc(-c2cccs2)cc1. The quantitative estimate of drug-likeness (QED) is 0.316. The fourth-order valence-corrected chi connectivity index (χ4v) is 4.41. The number of hydrogen-bond acceptors (Lipinski definition) is 4. The van der Waals surface area contributed by atoms with E-state index in [1.165, 1.54) is 27.1 Å². The van der Waals surface area contributed by atoms with Crippen LogP contribution in [-0.2, 0) is 13.0 Å². The Bertz CT molecular complexity index is 1060. The molecule has 2 heterocycles. The van der Waals surface area contributed by atoms with E-state index in [0.29, 0.717) is 0 Å². The Morgan fingerprint density at radius 3 is 2.23 bits per heavy atom. The summed E-state index contributed by atoms with van der Waals surface area (Å²) in [7, 11) is 0. The lowest BCUT2D eigenvalue weighted by Gasteiger charge is -2.16. The predicted molar refractivity (Wildman–Crippen MR) is 126 cm³/mol. The van der Waals surface area contributed by atoms with E-state index in [0.717, 1.165) is 43.1 Å². The minimum Gasteiger partial charge on any atom is -0.359 e. The van der Waals surface area contributed by atoms with Crippen molar-refractivity contribution in [3.8, 4) is 21.7 Å². The Morgan fingerprint density at radius 1 is 0.900 bits per heavy atom. The monoisotopic (exact) mass is 416 g/mol. The molecule has 4 aromatic rings. The van der Waals surface area contributed by atoms with E-state index >= 15 is 0 Å². The highest BCUT2D eigenvalue weighted by Crippen LogP contribution is 2.30. The summed E-state index contributed by atoms with van der Waals surface area (Å²) in [6, 6.07) is 21.7. The lowest BCUT2D eigenvalue weighted by molar-refractivity contribution is 0.251. The molecule has 2 aromatic carbocycles. The molecule has 3 nitrogen and oxygen atoms in total. The van der Waals surface area contributed by atoms with Crippen LogP contribution in [0.15, 0.2) is 70.6 Å². The van der Waals surface area contributed by atoms with Crippen LogP contribution in [0.3, 0.4) is 0 Å². The van der Waals surface area contributed by atoms with Gasteiger partial charge in [0.05, 0.1) is 6.54 Å². The summed E-state index contributed by atoms with van der Waals surface area (Å²) in [6.07, 6.45) is 0.814. The second-order valence-corrected chi connectivity index (χ2v) is 8.56. The number of thiophene rings is 1. The van der Waals surface area contributed by atoms with Crippen LogP contribution in [0.1, 0.15) is 36.3 Å². The molecule has 0 aliphatic carbocycles. The molecule has 0 bridgehead atoms. The second kappa shape index (κ2) is 9.41. The van der Waals surface area contributed by atoms with Crippen LogP contribution in [-0.4, -0.2) is 23.1 Å². The van der Waals surface area contributed by atoms with Crippen molar-refractivity contribution in [2.24, 2.45) is 0 Å². The molecule has 4 heteroatoms. The molecule has 0 radical (unpaired) electrons. The smallest absolute Gasteiger partial charge is 0.154 e. The highest BCUT2D eigenvalue weighted by Gasteiger charge is 2.19. The first-order valence-corrected chi connectivity index (χ1v) is 11.5. The second-order valence-electron chi connectivity index (χ2n) is 7.61. The number of nitrogens with zero attached hydrogens (tertiary/aromatic N) is 2. The van der Waals surface area contributed by atoms with Gasteiger partial charge in [0.25, 0.3) is 0 Å². The van der Waals surface area contributed by atoms with Gasteiger partial charge in [0, 0.05) is 22.4 Å². The normalized spacial score (nSPS) is 11.3. The molecule has 4 rings (SSSR count). The average molecular weight is 417 g/mol. The Labute approximate surface area is 183 Å². The van der Waals surface area contributed by atoms with Gasteiger partial charge < -0.3 is 4.52 Å². The van der Waals surface area contributed by atoms with Gasteiger partial charge in [0.15, 0.2) is 5.76 Å². The van der Waals surface area contributed by atoms with Crippen LogP contribution < -0.4 is 0 Å². The number of hydrogen-bond donors (Lipinski definition) is 0. The van der Waals surface area contributed by atoms with E-state index in [2.05, 4.69) is 96.9 Å². The first-order valence-electron chi connectivity index (χ1n) is 10.6. The van der Waals surface area contributed by atoms with Crippen LogP contribution in [0.25, 0.3) is 21.7 Å². The van der Waals surface area contributed by atoms with E-state index < -0.39 is 0 Å². The summed E-state index contributed by atoms with van der Waals surface area (Å²) in [5.41, 5.74) is 7.04. The first-order chi connectivity index (χ1) is 14.7. The van der Waals surface area contributed by atoms with Gasteiger partial charge in [-0.25, -0.2) is 0 Å². The minimum absolute atomic E-state index is 0.786. The van der Waals surface area contributed by atoms with Crippen LogP contribution in [0.2, 0.25) is 0 Å². The Kier molecular flexibility index (Phi) is 6.46. The summed E-state index contributed by atoms with van der Waals surface area (Å²) in [5.74, 6) is 0.969. The van der Waals surface area contributed by atoms with Crippen LogP contribution in [0.4, 0.5) is 0 Å². The molecule has 0 atom stereocenters. The van der Waals surface area contributed by atoms with Gasteiger partial charge in [-0.3, -0.25) is 4.90 Å². The molecule has 0 amide bonds. The molecular formula is C26H28N2OS. The highest BCUT2D eigenvalue weighted by molar-refractivity contribution is 7.13. The molecule has 2 aromatic heterocycles. The third-order valence-electron chi connectivity index (χ3n) is 5.60. The Morgan fingerprint density at radius 2 is 1.60 bits per heavy atom. The number of aryl methyl sites for hydroxylation is 1. The van der Waals surface area contributed by atoms with Crippen LogP contribution in [0.5, 0.6) is 0 Å². The molecule has 0 aliphatic heterocycles. The van der Waals surface area contributed by atoms with E-state index in [9.17, 15) is 0 Å². The highest BCUT2D eigenvalue weighted by atomic mass is 32.1. The molecule has 0 unspecified atom stereocenters. The van der Waals surface area contributed by atoms with Crippen molar-refractivity contribution in [2.75, 3.05) is 13.1 Å². The van der Waals surface area contributed by atoms with Gasteiger partial charge in [0.1, 0.15) is 5.69 Å². The molecule has 0 saturated carbocycles. The molecule has 30 heavy (non-hydrogen) atoms. The topological polar surface area (TPSA) is 29.3 Å². The fraction of sp³-hybridized carbons (Fsp3) is 0.269. The van der Waals surface area contributed by atoms with Crippen LogP contribution in [0, 0.1) is 6.92 Å². The van der Waals surface area contributed by atoms with Gasteiger partial charge in [-0.2, -0.15) is 0 Å². The molecule has 154 valence electrons. The fourth-order valence-electron chi connectivity index (χ4n) is 3.67. The minimum atomic E-state index is 0.786. The maximum atomic E-state index is 5.88. The third kappa shape index (κ3) is 4.55. The zero-order valence-corrected chi connectivity index (χ0v) is 18.7. The molecule has 0 N–H and O–H groups in total. The standard InChI is InChI=1S/C26H28N2OS/c1-4-28(5-2)18-24-23(26(27-29-24)22-12-8-19(3)9-13-22)17-20-10-14-21(15-11-20)25-7-6-16-30-25/h6-16H,4-5,17-18H2,1-3H3. The summed E-state index contributed by atoms with van der Waals surface area (Å²) < 4.78 is 5.88. The van der Waals surface area contributed by atoms with Crippen molar-refractivity contribution < 1.29 is 4.52 Å². The first kappa shape index (κ1) is 20.6. The van der Waals surface area contributed by atoms with Gasteiger partial charge in [-0.1, -0.05) is 79.2 Å².